The Kier molecular flexibility index (Phi) is 9.52. The maximum absolute atomic E-state index is 13.0. The third-order valence-corrected chi connectivity index (χ3v) is 5.12. The molecule has 0 saturated heterocycles. The molecule has 6 nitrogen and oxygen atoms in total. The van der Waals surface area contributed by atoms with Crippen molar-refractivity contribution in [3.63, 3.8) is 0 Å². The molecular formula is C21H32N2O4S. The number of ether oxygens (including phenoxy) is 1. The van der Waals surface area contributed by atoms with Crippen LogP contribution in [0.15, 0.2) is 30.3 Å². The van der Waals surface area contributed by atoms with Crippen molar-refractivity contribution in [3.8, 4) is 0 Å². The van der Waals surface area contributed by atoms with Crippen LogP contribution in [0.3, 0.4) is 0 Å². The van der Waals surface area contributed by atoms with Crippen LogP contribution in [0.1, 0.15) is 47.1 Å². The van der Waals surface area contributed by atoms with Crippen molar-refractivity contribution < 1.29 is 19.1 Å². The summed E-state index contributed by atoms with van der Waals surface area (Å²) in [6.07, 6.45) is 0. The first-order valence-corrected chi connectivity index (χ1v) is 10.5. The fourth-order valence-corrected chi connectivity index (χ4v) is 3.37. The van der Waals surface area contributed by atoms with Crippen molar-refractivity contribution in [2.45, 2.75) is 64.2 Å². The molecular weight excluding hydrogens is 376 g/mol. The predicted octanol–water partition coefficient (Wildman–Crippen LogP) is 3.00. The van der Waals surface area contributed by atoms with Gasteiger partial charge in [-0.05, 0) is 40.2 Å². The van der Waals surface area contributed by atoms with Crippen molar-refractivity contribution in [2.24, 2.45) is 0 Å². The molecule has 2 atom stereocenters. The van der Waals surface area contributed by atoms with Gasteiger partial charge in [-0.1, -0.05) is 30.3 Å². The number of benzene rings is 1. The number of hydrogen-bond donors (Lipinski definition) is 1. The molecule has 0 bridgehead atoms. The predicted molar refractivity (Wildman–Crippen MR) is 113 cm³/mol. The SMILES string of the molecule is CC(=O)NCCN(C(=O)[C@H](C)SCc1ccccc1)[C@@H](C)C(=O)OC(C)(C)C. The molecule has 0 unspecified atom stereocenters. The van der Waals surface area contributed by atoms with E-state index in [1.54, 1.807) is 27.7 Å². The summed E-state index contributed by atoms with van der Waals surface area (Å²) in [5, 5.41) is 2.35. The van der Waals surface area contributed by atoms with Gasteiger partial charge in [0.05, 0.1) is 5.25 Å². The highest BCUT2D eigenvalue weighted by atomic mass is 32.2. The lowest BCUT2D eigenvalue weighted by molar-refractivity contribution is -0.163. The summed E-state index contributed by atoms with van der Waals surface area (Å²) in [6, 6.07) is 9.18. The summed E-state index contributed by atoms with van der Waals surface area (Å²) in [5.41, 5.74) is 0.503. The van der Waals surface area contributed by atoms with E-state index in [2.05, 4.69) is 5.32 Å². The van der Waals surface area contributed by atoms with Crippen LogP contribution >= 0.6 is 11.8 Å². The number of rotatable bonds is 9. The first-order chi connectivity index (χ1) is 13.0. The molecule has 1 aromatic rings. The summed E-state index contributed by atoms with van der Waals surface area (Å²) in [5.74, 6) is -0.0777. The molecule has 0 heterocycles. The Labute approximate surface area is 172 Å². The molecule has 0 saturated carbocycles. The van der Waals surface area contributed by atoms with Gasteiger partial charge in [-0.15, -0.1) is 11.8 Å². The second-order valence-corrected chi connectivity index (χ2v) is 8.99. The highest BCUT2D eigenvalue weighted by Gasteiger charge is 2.32. The van der Waals surface area contributed by atoms with Gasteiger partial charge in [-0.25, -0.2) is 4.79 Å². The van der Waals surface area contributed by atoms with Gasteiger partial charge in [0, 0.05) is 25.8 Å². The molecule has 1 aromatic carbocycles. The first kappa shape index (κ1) is 24.0. The largest absolute Gasteiger partial charge is 0.458 e. The van der Waals surface area contributed by atoms with Crippen molar-refractivity contribution in [1.82, 2.24) is 10.2 Å². The van der Waals surface area contributed by atoms with Crippen molar-refractivity contribution in [1.29, 1.82) is 0 Å². The molecule has 2 amide bonds. The van der Waals surface area contributed by atoms with E-state index in [4.69, 9.17) is 4.74 Å². The van der Waals surface area contributed by atoms with Crippen molar-refractivity contribution >= 4 is 29.5 Å². The minimum Gasteiger partial charge on any atom is -0.458 e. The van der Waals surface area contributed by atoms with E-state index in [0.29, 0.717) is 5.75 Å². The third-order valence-electron chi connectivity index (χ3n) is 3.92. The number of nitrogens with one attached hydrogen (secondary N) is 1. The second kappa shape index (κ2) is 11.1. The van der Waals surface area contributed by atoms with Gasteiger partial charge in [0.15, 0.2) is 0 Å². The summed E-state index contributed by atoms with van der Waals surface area (Å²) in [7, 11) is 0. The number of nitrogens with zero attached hydrogens (tertiary/aromatic N) is 1. The Balaban J connectivity index is 2.81. The molecule has 0 aliphatic rings. The van der Waals surface area contributed by atoms with Gasteiger partial charge in [-0.3, -0.25) is 9.59 Å². The average molecular weight is 409 g/mol. The third kappa shape index (κ3) is 8.78. The fourth-order valence-electron chi connectivity index (χ4n) is 2.46. The van der Waals surface area contributed by atoms with E-state index >= 15 is 0 Å². The van der Waals surface area contributed by atoms with Crippen LogP contribution in [-0.4, -0.2) is 52.7 Å². The summed E-state index contributed by atoms with van der Waals surface area (Å²) in [4.78, 5) is 38.2. The molecule has 156 valence electrons. The number of amides is 2. The average Bonchev–Trinajstić information content (AvgIpc) is 2.61. The maximum Gasteiger partial charge on any atom is 0.329 e. The molecule has 0 aliphatic heterocycles. The standard InChI is InChI=1S/C21H32N2O4S/c1-15(20(26)27-21(4,5)6)23(13-12-22-17(3)24)19(25)16(2)28-14-18-10-8-7-9-11-18/h7-11,15-16H,12-14H2,1-6H3,(H,22,24)/t15-,16-/m0/s1. The van der Waals surface area contributed by atoms with E-state index in [1.807, 2.05) is 37.3 Å². The van der Waals surface area contributed by atoms with E-state index < -0.39 is 17.6 Å². The minimum atomic E-state index is -0.736. The van der Waals surface area contributed by atoms with Crippen LogP contribution in [0, 0.1) is 0 Å². The maximum atomic E-state index is 13.0. The Morgan fingerprint density at radius 1 is 1.14 bits per heavy atom. The molecule has 1 N–H and O–H groups in total. The molecule has 7 heteroatoms. The van der Waals surface area contributed by atoms with Crippen LogP contribution in [0.2, 0.25) is 0 Å². The van der Waals surface area contributed by atoms with E-state index in [9.17, 15) is 14.4 Å². The monoisotopic (exact) mass is 408 g/mol. The number of esters is 1. The number of carbonyl (C=O) groups is 3. The molecule has 0 aromatic heterocycles. The Hall–Kier alpha value is -2.02. The molecule has 0 spiro atoms. The van der Waals surface area contributed by atoms with Crippen LogP contribution < -0.4 is 5.32 Å². The smallest absolute Gasteiger partial charge is 0.329 e. The first-order valence-electron chi connectivity index (χ1n) is 9.44. The zero-order valence-corrected chi connectivity index (χ0v) is 18.5. The van der Waals surface area contributed by atoms with Gasteiger partial charge in [0.25, 0.3) is 0 Å². The van der Waals surface area contributed by atoms with Crippen LogP contribution in [0.5, 0.6) is 0 Å². The number of carbonyl (C=O) groups excluding carboxylic acids is 3. The Bertz CT molecular complexity index is 658. The Morgan fingerprint density at radius 3 is 2.29 bits per heavy atom. The van der Waals surface area contributed by atoms with Gasteiger partial charge >= 0.3 is 5.97 Å². The van der Waals surface area contributed by atoms with Crippen molar-refractivity contribution in [2.75, 3.05) is 13.1 Å². The summed E-state index contributed by atoms with van der Waals surface area (Å²) >= 11 is 1.52. The van der Waals surface area contributed by atoms with Crippen LogP contribution in [-0.2, 0) is 24.9 Å². The molecule has 0 aliphatic carbocycles. The number of hydrogen-bond acceptors (Lipinski definition) is 5. The van der Waals surface area contributed by atoms with Gasteiger partial charge in [0.2, 0.25) is 11.8 Å². The van der Waals surface area contributed by atoms with Crippen LogP contribution in [0.25, 0.3) is 0 Å². The van der Waals surface area contributed by atoms with Crippen molar-refractivity contribution in [3.05, 3.63) is 35.9 Å². The molecule has 28 heavy (non-hydrogen) atoms. The quantitative estimate of drug-likeness (QED) is 0.636. The molecule has 1 rings (SSSR count). The lowest BCUT2D eigenvalue weighted by Gasteiger charge is -2.32. The highest BCUT2D eigenvalue weighted by molar-refractivity contribution is 7.99. The minimum absolute atomic E-state index is 0.148. The topological polar surface area (TPSA) is 75.7 Å². The molecule has 0 radical (unpaired) electrons. The van der Waals surface area contributed by atoms with Crippen LogP contribution in [0.4, 0.5) is 0 Å². The zero-order chi connectivity index (χ0) is 21.3. The second-order valence-electron chi connectivity index (χ2n) is 7.66. The zero-order valence-electron chi connectivity index (χ0n) is 17.7. The lowest BCUT2D eigenvalue weighted by atomic mass is 10.2. The number of thioether (sulfide) groups is 1. The van der Waals surface area contributed by atoms with Gasteiger partial charge in [-0.2, -0.15) is 0 Å². The molecule has 0 fully saturated rings. The lowest BCUT2D eigenvalue weighted by Crippen LogP contribution is -2.50. The summed E-state index contributed by atoms with van der Waals surface area (Å²) < 4.78 is 5.44. The van der Waals surface area contributed by atoms with E-state index in [0.717, 1.165) is 5.56 Å². The normalized spacial score (nSPS) is 13.4. The highest BCUT2D eigenvalue weighted by Crippen LogP contribution is 2.21. The van der Waals surface area contributed by atoms with E-state index in [-0.39, 0.29) is 30.2 Å². The fraction of sp³-hybridized carbons (Fsp3) is 0.571. The van der Waals surface area contributed by atoms with E-state index in [1.165, 1.54) is 23.6 Å². The van der Waals surface area contributed by atoms with Gasteiger partial charge in [0.1, 0.15) is 11.6 Å². The Morgan fingerprint density at radius 2 is 1.75 bits per heavy atom. The summed E-state index contributed by atoms with van der Waals surface area (Å²) in [6.45, 7) is 10.8. The van der Waals surface area contributed by atoms with Gasteiger partial charge < -0.3 is 15.0 Å².